The van der Waals surface area contributed by atoms with Gasteiger partial charge in [-0.15, -0.1) is 0 Å². The molecule has 0 atom stereocenters. The highest BCUT2D eigenvalue weighted by atomic mass is 16.6. The van der Waals surface area contributed by atoms with Gasteiger partial charge in [0.2, 0.25) is 0 Å². The van der Waals surface area contributed by atoms with Crippen LogP contribution in [0.1, 0.15) is 28.8 Å². The molecule has 0 unspecified atom stereocenters. The van der Waals surface area contributed by atoms with E-state index in [0.29, 0.717) is 38.0 Å². The minimum absolute atomic E-state index is 0.110. The van der Waals surface area contributed by atoms with Gasteiger partial charge in [0.05, 0.1) is 18.0 Å². The quantitative estimate of drug-likeness (QED) is 0.473. The molecular weight excluding hydrogens is 314 g/mol. The Morgan fingerprint density at radius 3 is 2.58 bits per heavy atom. The fraction of sp³-hybridized carbons (Fsp3) is 0.500. The maximum atomic E-state index is 12.3. The summed E-state index contributed by atoms with van der Waals surface area (Å²) < 4.78 is 4.79. The maximum Gasteiger partial charge on any atom is 0.308 e. The predicted molar refractivity (Wildman–Crippen MR) is 85.8 cm³/mol. The fourth-order valence-electron chi connectivity index (χ4n) is 3.49. The second-order valence-electron chi connectivity index (χ2n) is 6.16. The number of fused-ring (bicyclic) bond motifs is 1. The van der Waals surface area contributed by atoms with Crippen LogP contribution in [0.5, 0.6) is 0 Å². The molecule has 2 aliphatic rings. The first kappa shape index (κ1) is 16.2. The minimum Gasteiger partial charge on any atom is -0.469 e. The summed E-state index contributed by atoms with van der Waals surface area (Å²) in [5.74, 6) is -0.622. The Bertz CT molecular complexity index is 710. The Morgan fingerprint density at radius 1 is 1.33 bits per heavy atom. The lowest BCUT2D eigenvalue weighted by atomic mass is 9.95. The van der Waals surface area contributed by atoms with Crippen LogP contribution in [0, 0.1) is 16.0 Å². The molecular formula is C16H19N3O5. The molecule has 3 rings (SSSR count). The summed E-state index contributed by atoms with van der Waals surface area (Å²) in [4.78, 5) is 38.2. The average Bonchev–Trinajstić information content (AvgIpc) is 2.88. The third kappa shape index (κ3) is 2.57. The number of methoxy groups -OCH3 is 1. The van der Waals surface area contributed by atoms with Crippen molar-refractivity contribution in [3.05, 3.63) is 33.4 Å². The van der Waals surface area contributed by atoms with Gasteiger partial charge >= 0.3 is 5.97 Å². The number of benzene rings is 1. The van der Waals surface area contributed by atoms with Gasteiger partial charge in [-0.25, -0.2) is 0 Å². The van der Waals surface area contributed by atoms with Crippen molar-refractivity contribution in [2.75, 3.05) is 32.1 Å². The first-order valence-corrected chi connectivity index (χ1v) is 7.82. The van der Waals surface area contributed by atoms with Crippen molar-refractivity contribution in [1.82, 2.24) is 4.90 Å². The SMILES string of the molecule is COC(=O)C1CCN(c2ccc([N+](=O)[O-])c3c2CN(C)C3=O)CC1. The summed E-state index contributed by atoms with van der Waals surface area (Å²) in [5.41, 5.74) is 1.59. The Balaban J connectivity index is 1.90. The van der Waals surface area contributed by atoms with Gasteiger partial charge in [-0.3, -0.25) is 19.7 Å². The van der Waals surface area contributed by atoms with Gasteiger partial charge in [0.25, 0.3) is 11.6 Å². The van der Waals surface area contributed by atoms with Gasteiger partial charge < -0.3 is 14.5 Å². The van der Waals surface area contributed by atoms with Crippen molar-refractivity contribution in [1.29, 1.82) is 0 Å². The number of rotatable bonds is 3. The minimum atomic E-state index is -0.511. The third-order valence-electron chi connectivity index (χ3n) is 4.79. The van der Waals surface area contributed by atoms with Crippen LogP contribution in [-0.4, -0.2) is 48.9 Å². The highest BCUT2D eigenvalue weighted by molar-refractivity contribution is 6.03. The topological polar surface area (TPSA) is 93.0 Å². The fourth-order valence-corrected chi connectivity index (χ4v) is 3.49. The molecule has 1 fully saturated rings. The van der Waals surface area contributed by atoms with Crippen LogP contribution in [0.25, 0.3) is 0 Å². The smallest absolute Gasteiger partial charge is 0.308 e. The first-order chi connectivity index (χ1) is 11.4. The molecule has 1 amide bonds. The molecule has 0 aromatic heterocycles. The Morgan fingerprint density at radius 2 is 2.00 bits per heavy atom. The number of anilines is 1. The lowest BCUT2D eigenvalue weighted by Gasteiger charge is -2.33. The van der Waals surface area contributed by atoms with Crippen molar-refractivity contribution in [2.24, 2.45) is 5.92 Å². The monoisotopic (exact) mass is 333 g/mol. The molecule has 0 aliphatic carbocycles. The van der Waals surface area contributed by atoms with E-state index < -0.39 is 4.92 Å². The molecule has 1 aromatic rings. The second-order valence-corrected chi connectivity index (χ2v) is 6.16. The number of carbonyl (C=O) groups excluding carboxylic acids is 2. The molecule has 0 radical (unpaired) electrons. The van der Waals surface area contributed by atoms with Crippen LogP contribution in [0.4, 0.5) is 11.4 Å². The predicted octanol–water partition coefficient (Wildman–Crippen LogP) is 1.57. The van der Waals surface area contributed by atoms with E-state index in [4.69, 9.17) is 4.74 Å². The van der Waals surface area contributed by atoms with Crippen molar-refractivity contribution in [2.45, 2.75) is 19.4 Å². The zero-order chi connectivity index (χ0) is 17.4. The van der Waals surface area contributed by atoms with Crippen LogP contribution < -0.4 is 4.90 Å². The number of carbonyl (C=O) groups is 2. The number of nitro benzene ring substituents is 1. The second kappa shape index (κ2) is 6.10. The van der Waals surface area contributed by atoms with Gasteiger partial charge in [-0.05, 0) is 18.9 Å². The lowest BCUT2D eigenvalue weighted by Crippen LogP contribution is -2.37. The summed E-state index contributed by atoms with van der Waals surface area (Å²) in [6.45, 7) is 1.67. The van der Waals surface area contributed by atoms with Crippen molar-refractivity contribution < 1.29 is 19.2 Å². The standard InChI is InChI=1S/C16H19N3O5/c1-17-9-11-12(3-4-13(19(22)23)14(11)15(17)20)18-7-5-10(6-8-18)16(21)24-2/h3-4,10H,5-9H2,1-2H3. The van der Waals surface area contributed by atoms with Crippen LogP contribution >= 0.6 is 0 Å². The number of hydrogen-bond donors (Lipinski definition) is 0. The first-order valence-electron chi connectivity index (χ1n) is 7.82. The maximum absolute atomic E-state index is 12.3. The Hall–Kier alpha value is -2.64. The van der Waals surface area contributed by atoms with Crippen LogP contribution in [0.15, 0.2) is 12.1 Å². The number of ether oxygens (including phenoxy) is 1. The molecule has 1 aromatic carbocycles. The molecule has 24 heavy (non-hydrogen) atoms. The number of hydrogen-bond acceptors (Lipinski definition) is 6. The van der Waals surface area contributed by atoms with E-state index in [9.17, 15) is 19.7 Å². The van der Waals surface area contributed by atoms with Gasteiger partial charge in [-0.1, -0.05) is 0 Å². The van der Waals surface area contributed by atoms with Crippen LogP contribution in [0.2, 0.25) is 0 Å². The number of esters is 1. The largest absolute Gasteiger partial charge is 0.469 e. The average molecular weight is 333 g/mol. The van der Waals surface area contributed by atoms with Crippen molar-refractivity contribution in [3.63, 3.8) is 0 Å². The molecule has 8 nitrogen and oxygen atoms in total. The van der Waals surface area contributed by atoms with Crippen LogP contribution in [-0.2, 0) is 16.1 Å². The number of amides is 1. The van der Waals surface area contributed by atoms with Crippen LogP contribution in [0.3, 0.4) is 0 Å². The lowest BCUT2D eigenvalue weighted by molar-refractivity contribution is -0.385. The van der Waals surface area contributed by atoms with E-state index in [-0.39, 0.29) is 29.0 Å². The van der Waals surface area contributed by atoms with E-state index in [0.717, 1.165) is 5.69 Å². The Kier molecular flexibility index (Phi) is 4.13. The third-order valence-corrected chi connectivity index (χ3v) is 4.79. The number of piperidine rings is 1. The van der Waals surface area contributed by atoms with Crippen molar-refractivity contribution in [3.8, 4) is 0 Å². The van der Waals surface area contributed by atoms with Gasteiger partial charge in [-0.2, -0.15) is 0 Å². The molecule has 0 bridgehead atoms. The Labute approximate surface area is 139 Å². The summed E-state index contributed by atoms with van der Waals surface area (Å²) in [6, 6.07) is 3.11. The summed E-state index contributed by atoms with van der Waals surface area (Å²) >= 11 is 0. The van der Waals surface area contributed by atoms with E-state index in [1.165, 1.54) is 18.1 Å². The van der Waals surface area contributed by atoms with Gasteiger partial charge in [0.1, 0.15) is 5.56 Å². The van der Waals surface area contributed by atoms with Gasteiger partial charge in [0, 0.05) is 44.0 Å². The zero-order valence-electron chi connectivity index (χ0n) is 13.7. The van der Waals surface area contributed by atoms with Crippen molar-refractivity contribution >= 4 is 23.3 Å². The molecule has 0 saturated carbocycles. The highest BCUT2D eigenvalue weighted by Crippen LogP contribution is 2.38. The normalized spacial score (nSPS) is 17.8. The summed E-state index contributed by atoms with van der Waals surface area (Å²) in [6.07, 6.45) is 1.34. The van der Waals surface area contributed by atoms with E-state index in [1.54, 1.807) is 13.1 Å². The summed E-state index contributed by atoms with van der Waals surface area (Å²) in [5, 5.41) is 11.2. The van der Waals surface area contributed by atoms with Gasteiger partial charge in [0.15, 0.2) is 0 Å². The molecule has 2 heterocycles. The molecule has 1 saturated heterocycles. The molecule has 0 spiro atoms. The number of nitro groups is 1. The van der Waals surface area contributed by atoms with E-state index >= 15 is 0 Å². The number of nitrogens with zero attached hydrogens (tertiary/aromatic N) is 3. The van der Waals surface area contributed by atoms with E-state index in [2.05, 4.69) is 4.90 Å². The molecule has 128 valence electrons. The summed E-state index contributed by atoms with van der Waals surface area (Å²) in [7, 11) is 3.03. The molecule has 8 heteroatoms. The molecule has 2 aliphatic heterocycles. The molecule has 0 N–H and O–H groups in total. The zero-order valence-corrected chi connectivity index (χ0v) is 13.7. The van der Waals surface area contributed by atoms with E-state index in [1.807, 2.05) is 0 Å². The highest BCUT2D eigenvalue weighted by Gasteiger charge is 2.36.